The fraction of sp³-hybridized carbons (Fsp3) is 0.286. The van der Waals surface area contributed by atoms with E-state index in [1.54, 1.807) is 16.7 Å². The second-order valence-electron chi connectivity index (χ2n) is 6.90. The van der Waals surface area contributed by atoms with Crippen molar-refractivity contribution < 1.29 is 13.9 Å². The zero-order valence-corrected chi connectivity index (χ0v) is 17.4. The normalized spacial score (nSPS) is 14.0. The van der Waals surface area contributed by atoms with Crippen LogP contribution in [-0.4, -0.2) is 52.7 Å². The molecular weight excluding hydrogens is 405 g/mol. The molecule has 4 rings (SSSR count). The molecule has 1 aliphatic rings. The summed E-state index contributed by atoms with van der Waals surface area (Å²) >= 11 is 1.26. The average Bonchev–Trinajstić information content (AvgIpc) is 3.19. The lowest BCUT2D eigenvalue weighted by Crippen LogP contribution is -2.37. The van der Waals surface area contributed by atoms with E-state index in [-0.39, 0.29) is 17.5 Å². The Morgan fingerprint density at radius 1 is 1.17 bits per heavy atom. The van der Waals surface area contributed by atoms with Gasteiger partial charge >= 0.3 is 0 Å². The van der Waals surface area contributed by atoms with Crippen molar-refractivity contribution in [1.29, 1.82) is 0 Å². The van der Waals surface area contributed by atoms with Crippen molar-refractivity contribution in [2.24, 2.45) is 0 Å². The van der Waals surface area contributed by atoms with Gasteiger partial charge < -0.3 is 15.0 Å². The zero-order chi connectivity index (χ0) is 20.9. The number of thioether (sulfide) groups is 1. The highest BCUT2D eigenvalue weighted by atomic mass is 32.2. The number of amides is 1. The fourth-order valence-corrected chi connectivity index (χ4v) is 3.88. The van der Waals surface area contributed by atoms with Gasteiger partial charge in [-0.15, -0.1) is 10.2 Å². The lowest BCUT2D eigenvalue weighted by atomic mass is 10.2. The number of morpholine rings is 1. The van der Waals surface area contributed by atoms with Gasteiger partial charge in [0.25, 0.3) is 0 Å². The van der Waals surface area contributed by atoms with Gasteiger partial charge in [0.2, 0.25) is 11.9 Å². The van der Waals surface area contributed by atoms with E-state index in [2.05, 4.69) is 20.4 Å². The summed E-state index contributed by atoms with van der Waals surface area (Å²) in [5, 5.41) is 12.0. The Kier molecular flexibility index (Phi) is 6.29. The van der Waals surface area contributed by atoms with Gasteiger partial charge in [-0.3, -0.25) is 9.36 Å². The Labute approximate surface area is 178 Å². The second-order valence-corrected chi connectivity index (χ2v) is 7.84. The van der Waals surface area contributed by atoms with E-state index in [4.69, 9.17) is 4.74 Å². The number of nitrogens with one attached hydrogen (secondary N) is 1. The Balaban J connectivity index is 1.54. The van der Waals surface area contributed by atoms with Gasteiger partial charge in [-0.1, -0.05) is 35.5 Å². The van der Waals surface area contributed by atoms with Crippen LogP contribution in [0.4, 0.5) is 16.0 Å². The quantitative estimate of drug-likeness (QED) is 0.609. The molecule has 3 aromatic rings. The van der Waals surface area contributed by atoms with E-state index in [1.165, 1.54) is 23.9 Å². The van der Waals surface area contributed by atoms with E-state index in [0.29, 0.717) is 43.1 Å². The summed E-state index contributed by atoms with van der Waals surface area (Å²) in [6.45, 7) is 4.53. The van der Waals surface area contributed by atoms with Crippen molar-refractivity contribution in [2.75, 3.05) is 42.3 Å². The molecule has 7 nitrogen and oxygen atoms in total. The maximum Gasteiger partial charge on any atom is 0.234 e. The number of halogens is 1. The fourth-order valence-electron chi connectivity index (χ4n) is 3.13. The number of aromatic nitrogens is 3. The van der Waals surface area contributed by atoms with Crippen LogP contribution in [0.2, 0.25) is 0 Å². The molecule has 2 aromatic carbocycles. The SMILES string of the molecule is Cc1ccc(NC(=O)CSc2nnc(N3CCOCC3)n2-c2cccc(F)c2)cc1. The van der Waals surface area contributed by atoms with Crippen molar-refractivity contribution in [3.63, 3.8) is 0 Å². The number of hydrogen-bond donors (Lipinski definition) is 1. The van der Waals surface area contributed by atoms with Crippen LogP contribution in [0.15, 0.2) is 53.7 Å². The number of ether oxygens (including phenoxy) is 1. The van der Waals surface area contributed by atoms with Crippen molar-refractivity contribution in [3.05, 3.63) is 59.9 Å². The van der Waals surface area contributed by atoms with Gasteiger partial charge in [0.15, 0.2) is 5.16 Å². The number of carbonyl (C=O) groups excluding carboxylic acids is 1. The molecular formula is C21H22FN5O2S. The smallest absolute Gasteiger partial charge is 0.234 e. The average molecular weight is 428 g/mol. The molecule has 0 saturated carbocycles. The topological polar surface area (TPSA) is 72.3 Å². The molecule has 9 heteroatoms. The summed E-state index contributed by atoms with van der Waals surface area (Å²) in [6.07, 6.45) is 0. The minimum atomic E-state index is -0.345. The molecule has 1 aromatic heterocycles. The summed E-state index contributed by atoms with van der Waals surface area (Å²) in [7, 11) is 0. The van der Waals surface area contributed by atoms with Gasteiger partial charge in [0, 0.05) is 18.8 Å². The third kappa shape index (κ3) is 4.80. The lowest BCUT2D eigenvalue weighted by molar-refractivity contribution is -0.113. The molecule has 1 saturated heterocycles. The van der Waals surface area contributed by atoms with Crippen molar-refractivity contribution in [2.45, 2.75) is 12.1 Å². The second kappa shape index (κ2) is 9.27. The molecule has 1 N–H and O–H groups in total. The Bertz CT molecular complexity index is 1020. The van der Waals surface area contributed by atoms with Crippen LogP contribution in [0.5, 0.6) is 0 Å². The predicted octanol–water partition coefficient (Wildman–Crippen LogP) is 3.28. The highest BCUT2D eigenvalue weighted by molar-refractivity contribution is 7.99. The van der Waals surface area contributed by atoms with Crippen molar-refractivity contribution in [1.82, 2.24) is 14.8 Å². The van der Waals surface area contributed by atoms with Gasteiger partial charge in [0.1, 0.15) is 5.82 Å². The van der Waals surface area contributed by atoms with Gasteiger partial charge in [0.05, 0.1) is 24.7 Å². The van der Waals surface area contributed by atoms with Crippen molar-refractivity contribution >= 4 is 29.3 Å². The molecule has 0 unspecified atom stereocenters. The molecule has 0 aliphatic carbocycles. The molecule has 1 aliphatic heterocycles. The summed E-state index contributed by atoms with van der Waals surface area (Å²) in [5.74, 6) is 0.280. The standard InChI is InChI=1S/C21H22FN5O2S/c1-15-5-7-17(8-6-15)23-19(28)14-30-21-25-24-20(26-9-11-29-12-10-26)27(21)18-4-2-3-16(22)13-18/h2-8,13H,9-12,14H2,1H3,(H,23,28). The maximum atomic E-state index is 13.9. The first kappa shape index (κ1) is 20.4. The number of anilines is 2. The molecule has 30 heavy (non-hydrogen) atoms. The van der Waals surface area contributed by atoms with E-state index in [9.17, 15) is 9.18 Å². The number of aryl methyl sites for hydroxylation is 1. The molecule has 2 heterocycles. The summed E-state index contributed by atoms with van der Waals surface area (Å²) in [6, 6.07) is 13.9. The minimum Gasteiger partial charge on any atom is -0.378 e. The van der Waals surface area contributed by atoms with Gasteiger partial charge in [-0.2, -0.15) is 0 Å². The van der Waals surface area contributed by atoms with Crippen LogP contribution in [0, 0.1) is 12.7 Å². The summed E-state index contributed by atoms with van der Waals surface area (Å²) in [5.41, 5.74) is 2.48. The van der Waals surface area contributed by atoms with E-state index >= 15 is 0 Å². The number of benzene rings is 2. The lowest BCUT2D eigenvalue weighted by Gasteiger charge is -2.27. The Morgan fingerprint density at radius 3 is 2.67 bits per heavy atom. The summed E-state index contributed by atoms with van der Waals surface area (Å²) in [4.78, 5) is 14.5. The largest absolute Gasteiger partial charge is 0.378 e. The van der Waals surface area contributed by atoms with Crippen LogP contribution in [0.25, 0.3) is 5.69 Å². The molecule has 156 valence electrons. The van der Waals surface area contributed by atoms with Crippen LogP contribution >= 0.6 is 11.8 Å². The van der Waals surface area contributed by atoms with Crippen molar-refractivity contribution in [3.8, 4) is 5.69 Å². The zero-order valence-electron chi connectivity index (χ0n) is 16.5. The number of carbonyl (C=O) groups is 1. The first-order chi connectivity index (χ1) is 14.6. The first-order valence-electron chi connectivity index (χ1n) is 9.63. The highest BCUT2D eigenvalue weighted by Gasteiger charge is 2.22. The Hall–Kier alpha value is -2.91. The van der Waals surface area contributed by atoms with Crippen LogP contribution < -0.4 is 10.2 Å². The van der Waals surface area contributed by atoms with Crippen LogP contribution in [0.1, 0.15) is 5.56 Å². The molecule has 1 fully saturated rings. The number of rotatable bonds is 6. The maximum absolute atomic E-state index is 13.9. The van der Waals surface area contributed by atoms with Gasteiger partial charge in [-0.25, -0.2) is 4.39 Å². The molecule has 0 spiro atoms. The van der Waals surface area contributed by atoms with E-state index in [0.717, 1.165) is 11.3 Å². The van der Waals surface area contributed by atoms with Crippen LogP contribution in [0.3, 0.4) is 0 Å². The molecule has 0 atom stereocenters. The van der Waals surface area contributed by atoms with E-state index in [1.807, 2.05) is 31.2 Å². The third-order valence-electron chi connectivity index (χ3n) is 4.64. The monoisotopic (exact) mass is 427 g/mol. The van der Waals surface area contributed by atoms with Crippen LogP contribution in [-0.2, 0) is 9.53 Å². The molecule has 1 amide bonds. The molecule has 0 bridgehead atoms. The predicted molar refractivity (Wildman–Crippen MR) is 115 cm³/mol. The summed E-state index contributed by atoms with van der Waals surface area (Å²) < 4.78 is 21.1. The van der Waals surface area contributed by atoms with Gasteiger partial charge in [-0.05, 0) is 37.3 Å². The highest BCUT2D eigenvalue weighted by Crippen LogP contribution is 2.27. The third-order valence-corrected chi connectivity index (χ3v) is 5.57. The number of hydrogen-bond acceptors (Lipinski definition) is 6. The van der Waals surface area contributed by atoms with E-state index < -0.39 is 0 Å². The Morgan fingerprint density at radius 2 is 1.93 bits per heavy atom. The minimum absolute atomic E-state index is 0.148. The molecule has 0 radical (unpaired) electrons. The number of nitrogens with zero attached hydrogens (tertiary/aromatic N) is 4. The first-order valence-corrected chi connectivity index (χ1v) is 10.6.